The Morgan fingerprint density at radius 3 is 2.55 bits per heavy atom. The van der Waals surface area contributed by atoms with Crippen LogP contribution in [0, 0.1) is 0 Å². The van der Waals surface area contributed by atoms with Gasteiger partial charge >= 0.3 is 0 Å². The number of para-hydroxylation sites is 1. The summed E-state index contributed by atoms with van der Waals surface area (Å²) in [5, 5.41) is 13.5. The predicted molar refractivity (Wildman–Crippen MR) is 121 cm³/mol. The van der Waals surface area contributed by atoms with Gasteiger partial charge in [-0.2, -0.15) is 0 Å². The van der Waals surface area contributed by atoms with Crippen LogP contribution in [0.4, 0.5) is 5.69 Å². The Morgan fingerprint density at radius 1 is 1.10 bits per heavy atom. The van der Waals surface area contributed by atoms with Crippen molar-refractivity contribution in [2.75, 3.05) is 4.90 Å². The Kier molecular flexibility index (Phi) is 4.71. The van der Waals surface area contributed by atoms with Crippen molar-refractivity contribution in [1.29, 1.82) is 0 Å². The van der Waals surface area contributed by atoms with E-state index >= 15 is 0 Å². The van der Waals surface area contributed by atoms with E-state index < -0.39 is 23.5 Å². The van der Waals surface area contributed by atoms with E-state index in [2.05, 4.69) is 6.92 Å². The first-order valence-corrected chi connectivity index (χ1v) is 10.9. The van der Waals surface area contributed by atoms with Crippen molar-refractivity contribution in [3.8, 4) is 0 Å². The molecule has 5 nitrogen and oxygen atoms in total. The molecular formula is C25H19NO4S. The zero-order valence-electron chi connectivity index (χ0n) is 16.7. The Bertz CT molecular complexity index is 1280. The number of rotatable bonds is 5. The standard InChI is InChI=1S/C25H19NO4S/c1-2-15-9-11-17(12-10-15)26-22(20-8-5-13-31-20)21(24(28)25(26)29)23(27)19-14-16-6-3-4-7-18(16)30-19/h3-14,22,28H,2H2,1H3. The molecule has 1 amide bonds. The van der Waals surface area contributed by atoms with Gasteiger partial charge in [-0.15, -0.1) is 11.3 Å². The van der Waals surface area contributed by atoms with Crippen molar-refractivity contribution in [3.05, 3.63) is 99.6 Å². The van der Waals surface area contributed by atoms with Gasteiger partial charge in [0.05, 0.1) is 5.57 Å². The van der Waals surface area contributed by atoms with Crippen LogP contribution in [0.5, 0.6) is 0 Å². The van der Waals surface area contributed by atoms with Gasteiger partial charge in [-0.1, -0.05) is 43.3 Å². The number of aryl methyl sites for hydroxylation is 1. The molecule has 1 atom stereocenters. The van der Waals surface area contributed by atoms with Gasteiger partial charge in [0.25, 0.3) is 5.91 Å². The lowest BCUT2D eigenvalue weighted by Gasteiger charge is -2.25. The fourth-order valence-electron chi connectivity index (χ4n) is 3.94. The average molecular weight is 429 g/mol. The van der Waals surface area contributed by atoms with Gasteiger partial charge < -0.3 is 9.52 Å². The summed E-state index contributed by atoms with van der Waals surface area (Å²) in [4.78, 5) is 28.9. The number of ketones is 1. The minimum absolute atomic E-state index is 0.0334. The summed E-state index contributed by atoms with van der Waals surface area (Å²) in [6.07, 6.45) is 0.877. The molecular weight excluding hydrogens is 410 g/mol. The van der Waals surface area contributed by atoms with E-state index in [9.17, 15) is 14.7 Å². The quantitative estimate of drug-likeness (QED) is 0.405. The smallest absolute Gasteiger partial charge is 0.294 e. The molecule has 0 fully saturated rings. The predicted octanol–water partition coefficient (Wildman–Crippen LogP) is 5.84. The van der Waals surface area contributed by atoms with Crippen LogP contribution in [-0.4, -0.2) is 16.8 Å². The first kappa shape index (κ1) is 19.3. The average Bonchev–Trinajstić information content (AvgIpc) is 3.52. The molecule has 6 heteroatoms. The molecule has 154 valence electrons. The molecule has 1 aliphatic rings. The summed E-state index contributed by atoms with van der Waals surface area (Å²) >= 11 is 1.43. The normalized spacial score (nSPS) is 16.5. The lowest BCUT2D eigenvalue weighted by Crippen LogP contribution is -2.30. The van der Waals surface area contributed by atoms with Crippen molar-refractivity contribution in [2.45, 2.75) is 19.4 Å². The van der Waals surface area contributed by atoms with Crippen molar-refractivity contribution in [1.82, 2.24) is 0 Å². The molecule has 0 bridgehead atoms. The molecule has 1 aliphatic heterocycles. The number of carbonyl (C=O) groups excluding carboxylic acids is 2. The first-order valence-electron chi connectivity index (χ1n) is 10.0. The number of benzene rings is 2. The number of amides is 1. The highest BCUT2D eigenvalue weighted by Gasteiger charge is 2.45. The van der Waals surface area contributed by atoms with E-state index in [-0.39, 0.29) is 11.3 Å². The maximum absolute atomic E-state index is 13.5. The molecule has 1 unspecified atom stereocenters. The molecule has 3 heterocycles. The molecule has 0 spiro atoms. The molecule has 1 N–H and O–H groups in total. The van der Waals surface area contributed by atoms with Crippen LogP contribution >= 0.6 is 11.3 Å². The molecule has 0 radical (unpaired) electrons. The van der Waals surface area contributed by atoms with Crippen LogP contribution in [0.25, 0.3) is 11.0 Å². The van der Waals surface area contributed by atoms with Gasteiger partial charge in [-0.25, -0.2) is 0 Å². The van der Waals surface area contributed by atoms with Gasteiger partial charge in [-0.3, -0.25) is 14.5 Å². The second-order valence-electron chi connectivity index (χ2n) is 7.35. The summed E-state index contributed by atoms with van der Waals surface area (Å²) in [7, 11) is 0. The lowest BCUT2D eigenvalue weighted by molar-refractivity contribution is -0.117. The third-order valence-corrected chi connectivity index (χ3v) is 6.46. The molecule has 0 aliphatic carbocycles. The number of aliphatic hydroxyl groups excluding tert-OH is 1. The summed E-state index contributed by atoms with van der Waals surface area (Å²) < 4.78 is 5.74. The number of furan rings is 1. The van der Waals surface area contributed by atoms with Crippen molar-refractivity contribution in [2.24, 2.45) is 0 Å². The topological polar surface area (TPSA) is 70.8 Å². The second kappa shape index (κ2) is 7.56. The largest absolute Gasteiger partial charge is 0.503 e. The molecule has 31 heavy (non-hydrogen) atoms. The number of aliphatic hydroxyl groups is 1. The third-order valence-electron chi connectivity index (χ3n) is 5.54. The minimum Gasteiger partial charge on any atom is -0.503 e. The SMILES string of the molecule is CCc1ccc(N2C(=O)C(O)=C(C(=O)c3cc4ccccc4o3)C2c2cccs2)cc1. The highest BCUT2D eigenvalue weighted by molar-refractivity contribution is 7.10. The van der Waals surface area contributed by atoms with E-state index in [1.165, 1.54) is 16.2 Å². The van der Waals surface area contributed by atoms with Crippen LogP contribution in [0.1, 0.15) is 34.0 Å². The van der Waals surface area contributed by atoms with E-state index in [0.717, 1.165) is 22.2 Å². The highest BCUT2D eigenvalue weighted by atomic mass is 32.1. The zero-order valence-corrected chi connectivity index (χ0v) is 17.6. The summed E-state index contributed by atoms with van der Waals surface area (Å²) in [6, 6.07) is 19.5. The van der Waals surface area contributed by atoms with Gasteiger partial charge in [0.1, 0.15) is 11.6 Å². The van der Waals surface area contributed by atoms with Gasteiger partial charge in [0, 0.05) is 16.0 Å². The number of carbonyl (C=O) groups is 2. The number of Topliss-reactive ketones (excluding diaryl/α,β-unsaturated/α-hetero) is 1. The fraction of sp³-hybridized carbons (Fsp3) is 0.120. The molecule has 0 saturated heterocycles. The number of nitrogens with zero attached hydrogens (tertiary/aromatic N) is 1. The molecule has 5 rings (SSSR count). The van der Waals surface area contributed by atoms with Gasteiger partial charge in [0.15, 0.2) is 11.5 Å². The maximum Gasteiger partial charge on any atom is 0.294 e. The summed E-state index contributed by atoms with van der Waals surface area (Å²) in [6.45, 7) is 2.06. The number of fused-ring (bicyclic) bond motifs is 1. The van der Waals surface area contributed by atoms with Gasteiger partial charge in [-0.05, 0) is 47.7 Å². The monoisotopic (exact) mass is 429 g/mol. The van der Waals surface area contributed by atoms with Crippen LogP contribution in [0.2, 0.25) is 0 Å². The Hall–Kier alpha value is -3.64. The van der Waals surface area contributed by atoms with Crippen molar-refractivity contribution in [3.63, 3.8) is 0 Å². The third kappa shape index (κ3) is 3.16. The van der Waals surface area contributed by atoms with Crippen molar-refractivity contribution >= 4 is 39.7 Å². The maximum atomic E-state index is 13.5. The molecule has 0 saturated carbocycles. The number of hydrogen-bond acceptors (Lipinski definition) is 5. The van der Waals surface area contributed by atoms with Crippen LogP contribution in [0.3, 0.4) is 0 Å². The molecule has 2 aromatic carbocycles. The first-order chi connectivity index (χ1) is 15.1. The van der Waals surface area contributed by atoms with Gasteiger partial charge in [0.2, 0.25) is 5.78 Å². The van der Waals surface area contributed by atoms with Crippen LogP contribution < -0.4 is 4.90 Å². The number of thiophene rings is 1. The molecule has 4 aromatic rings. The lowest BCUT2D eigenvalue weighted by atomic mass is 10.00. The van der Waals surface area contributed by atoms with Crippen molar-refractivity contribution < 1.29 is 19.1 Å². The Labute approximate surface area is 182 Å². The van der Waals surface area contributed by atoms with E-state index in [1.54, 1.807) is 12.1 Å². The fourth-order valence-corrected chi connectivity index (χ4v) is 4.76. The Morgan fingerprint density at radius 2 is 1.87 bits per heavy atom. The number of anilines is 1. The second-order valence-corrected chi connectivity index (χ2v) is 8.33. The van der Waals surface area contributed by atoms with E-state index in [4.69, 9.17) is 4.42 Å². The highest BCUT2D eigenvalue weighted by Crippen LogP contribution is 2.43. The van der Waals surface area contributed by atoms with Crippen LogP contribution in [-0.2, 0) is 11.2 Å². The van der Waals surface area contributed by atoms with Crippen LogP contribution in [0.15, 0.2) is 87.9 Å². The summed E-state index contributed by atoms with van der Waals surface area (Å²) in [5.41, 5.74) is 2.37. The Balaban J connectivity index is 1.62. The summed E-state index contributed by atoms with van der Waals surface area (Å²) in [5.74, 6) is -1.53. The van der Waals surface area contributed by atoms with E-state index in [1.807, 2.05) is 60.0 Å². The van der Waals surface area contributed by atoms with E-state index in [0.29, 0.717) is 11.3 Å². The molecule has 2 aromatic heterocycles. The zero-order chi connectivity index (χ0) is 21.5. The minimum atomic E-state index is -0.722. The number of hydrogen-bond donors (Lipinski definition) is 1.